The zero-order valence-corrected chi connectivity index (χ0v) is 14.9. The lowest BCUT2D eigenvalue weighted by molar-refractivity contribution is -0.131. The standard InChI is InChI=1S/C19H24N2OS/c1-13-8-7-9-16-14(2)12-17(20-18(13)16)23-15(3)19(22)21-10-5-4-6-11-21/h7-9,12,15H,4-6,10-11H2,1-3H3/t15-/m0/s1. The number of pyridine rings is 1. The number of nitrogens with zero attached hydrogens (tertiary/aromatic N) is 2. The van der Waals surface area contributed by atoms with Gasteiger partial charge in [0.05, 0.1) is 15.8 Å². The van der Waals surface area contributed by atoms with Gasteiger partial charge in [0.15, 0.2) is 0 Å². The van der Waals surface area contributed by atoms with Gasteiger partial charge in [-0.1, -0.05) is 30.0 Å². The van der Waals surface area contributed by atoms with Crippen LogP contribution in [0.5, 0.6) is 0 Å². The molecule has 3 nitrogen and oxygen atoms in total. The third-order valence-corrected chi connectivity index (χ3v) is 5.54. The normalized spacial score (nSPS) is 16.6. The van der Waals surface area contributed by atoms with Gasteiger partial charge in [-0.3, -0.25) is 4.79 Å². The largest absolute Gasteiger partial charge is 0.342 e. The van der Waals surface area contributed by atoms with Gasteiger partial charge in [0.1, 0.15) is 0 Å². The monoisotopic (exact) mass is 328 g/mol. The molecule has 1 aliphatic heterocycles. The lowest BCUT2D eigenvalue weighted by atomic mass is 10.1. The molecule has 0 spiro atoms. The molecule has 0 radical (unpaired) electrons. The highest BCUT2D eigenvalue weighted by Crippen LogP contribution is 2.29. The van der Waals surface area contributed by atoms with Crippen LogP contribution in [0.25, 0.3) is 10.9 Å². The molecule has 2 aromatic rings. The van der Waals surface area contributed by atoms with E-state index < -0.39 is 0 Å². The van der Waals surface area contributed by atoms with E-state index in [-0.39, 0.29) is 11.2 Å². The summed E-state index contributed by atoms with van der Waals surface area (Å²) in [6, 6.07) is 8.38. The summed E-state index contributed by atoms with van der Waals surface area (Å²) in [6.07, 6.45) is 3.52. The summed E-state index contributed by atoms with van der Waals surface area (Å²) in [6.45, 7) is 8.02. The van der Waals surface area contributed by atoms with Crippen molar-refractivity contribution < 1.29 is 4.79 Å². The third-order valence-electron chi connectivity index (χ3n) is 4.54. The Balaban J connectivity index is 1.80. The number of carbonyl (C=O) groups excluding carboxylic acids is 1. The van der Waals surface area contributed by atoms with Crippen molar-refractivity contribution in [2.75, 3.05) is 13.1 Å². The van der Waals surface area contributed by atoms with E-state index in [1.54, 1.807) is 11.8 Å². The summed E-state index contributed by atoms with van der Waals surface area (Å²) in [5.74, 6) is 0.249. The molecule has 1 aromatic carbocycles. The predicted molar refractivity (Wildman–Crippen MR) is 97.0 cm³/mol. The summed E-state index contributed by atoms with van der Waals surface area (Å²) in [7, 11) is 0. The average Bonchev–Trinajstić information content (AvgIpc) is 2.56. The molecule has 23 heavy (non-hydrogen) atoms. The maximum Gasteiger partial charge on any atom is 0.235 e. The Labute approximate surface area is 142 Å². The molecular formula is C19H24N2OS. The van der Waals surface area contributed by atoms with E-state index >= 15 is 0 Å². The topological polar surface area (TPSA) is 33.2 Å². The molecule has 1 atom stereocenters. The molecule has 0 saturated carbocycles. The van der Waals surface area contributed by atoms with Gasteiger partial charge in [-0.2, -0.15) is 0 Å². The highest BCUT2D eigenvalue weighted by atomic mass is 32.2. The van der Waals surface area contributed by atoms with Crippen molar-refractivity contribution in [2.24, 2.45) is 0 Å². The van der Waals surface area contributed by atoms with E-state index in [2.05, 4.69) is 38.1 Å². The Bertz CT molecular complexity index is 723. The molecule has 3 rings (SSSR count). The van der Waals surface area contributed by atoms with Crippen molar-refractivity contribution >= 4 is 28.6 Å². The number of para-hydroxylation sites is 1. The van der Waals surface area contributed by atoms with Crippen molar-refractivity contribution in [2.45, 2.75) is 50.3 Å². The molecule has 1 saturated heterocycles. The predicted octanol–water partition coefficient (Wildman–Crippen LogP) is 4.34. The summed E-state index contributed by atoms with van der Waals surface area (Å²) in [5.41, 5.74) is 3.45. The van der Waals surface area contributed by atoms with E-state index in [1.807, 2.05) is 11.8 Å². The molecule has 4 heteroatoms. The first kappa shape index (κ1) is 16.3. The number of rotatable bonds is 3. The molecular weight excluding hydrogens is 304 g/mol. The Hall–Kier alpha value is -1.55. The Morgan fingerprint density at radius 1 is 1.17 bits per heavy atom. The number of benzene rings is 1. The van der Waals surface area contributed by atoms with E-state index in [9.17, 15) is 4.79 Å². The molecule has 1 aliphatic rings. The number of aryl methyl sites for hydroxylation is 2. The minimum atomic E-state index is -0.0820. The first-order valence-corrected chi connectivity index (χ1v) is 9.26. The molecule has 0 unspecified atom stereocenters. The Kier molecular flexibility index (Phi) is 4.90. The van der Waals surface area contributed by atoms with Gasteiger partial charge in [-0.05, 0) is 57.2 Å². The average molecular weight is 328 g/mol. The minimum absolute atomic E-state index is 0.0820. The molecule has 0 bridgehead atoms. The van der Waals surface area contributed by atoms with Crippen LogP contribution in [0.15, 0.2) is 29.3 Å². The lowest BCUT2D eigenvalue weighted by Crippen LogP contribution is -2.40. The SMILES string of the molecule is Cc1cc(S[C@@H](C)C(=O)N2CCCCC2)nc2c(C)cccc12. The number of aromatic nitrogens is 1. The maximum atomic E-state index is 12.6. The summed E-state index contributed by atoms with van der Waals surface area (Å²) >= 11 is 1.58. The summed E-state index contributed by atoms with van der Waals surface area (Å²) in [4.78, 5) is 19.4. The lowest BCUT2D eigenvalue weighted by Gasteiger charge is -2.29. The number of fused-ring (bicyclic) bond motifs is 1. The molecule has 1 fully saturated rings. The highest BCUT2D eigenvalue weighted by Gasteiger charge is 2.23. The molecule has 1 amide bonds. The van der Waals surface area contributed by atoms with Crippen LogP contribution in [-0.4, -0.2) is 34.1 Å². The second-order valence-corrected chi connectivity index (χ2v) is 7.76. The van der Waals surface area contributed by atoms with Crippen LogP contribution in [0.3, 0.4) is 0 Å². The van der Waals surface area contributed by atoms with E-state index in [4.69, 9.17) is 4.98 Å². The number of hydrogen-bond donors (Lipinski definition) is 0. The van der Waals surface area contributed by atoms with E-state index in [1.165, 1.54) is 22.9 Å². The molecule has 122 valence electrons. The van der Waals surface area contributed by atoms with Crippen LogP contribution in [0.2, 0.25) is 0 Å². The van der Waals surface area contributed by atoms with E-state index in [0.29, 0.717) is 0 Å². The molecule has 0 N–H and O–H groups in total. The first-order chi connectivity index (χ1) is 11.1. The number of hydrogen-bond acceptors (Lipinski definition) is 3. The van der Waals surface area contributed by atoms with Crippen LogP contribution >= 0.6 is 11.8 Å². The number of likely N-dealkylation sites (tertiary alicyclic amines) is 1. The van der Waals surface area contributed by atoms with Gasteiger partial charge in [0.25, 0.3) is 0 Å². The van der Waals surface area contributed by atoms with Crippen LogP contribution in [0.4, 0.5) is 0 Å². The van der Waals surface area contributed by atoms with Gasteiger partial charge in [0.2, 0.25) is 5.91 Å². The van der Waals surface area contributed by atoms with Crippen LogP contribution < -0.4 is 0 Å². The fourth-order valence-corrected chi connectivity index (χ4v) is 4.20. The fourth-order valence-electron chi connectivity index (χ4n) is 3.19. The number of thioether (sulfide) groups is 1. The number of piperidine rings is 1. The van der Waals surface area contributed by atoms with Crippen LogP contribution in [0.1, 0.15) is 37.3 Å². The van der Waals surface area contributed by atoms with Gasteiger partial charge in [-0.15, -0.1) is 0 Å². The number of carbonyl (C=O) groups is 1. The quantitative estimate of drug-likeness (QED) is 0.786. The van der Waals surface area contributed by atoms with Crippen molar-refractivity contribution in [3.05, 3.63) is 35.4 Å². The summed E-state index contributed by atoms with van der Waals surface area (Å²) < 4.78 is 0. The molecule has 0 aliphatic carbocycles. The van der Waals surface area contributed by atoms with Crippen molar-refractivity contribution in [1.82, 2.24) is 9.88 Å². The Morgan fingerprint density at radius 3 is 2.65 bits per heavy atom. The van der Waals surface area contributed by atoms with Gasteiger partial charge >= 0.3 is 0 Å². The zero-order chi connectivity index (χ0) is 16.4. The molecule has 1 aromatic heterocycles. The fraction of sp³-hybridized carbons (Fsp3) is 0.474. The smallest absolute Gasteiger partial charge is 0.235 e. The molecule has 2 heterocycles. The van der Waals surface area contributed by atoms with E-state index in [0.717, 1.165) is 36.5 Å². The maximum absolute atomic E-state index is 12.6. The van der Waals surface area contributed by atoms with Gasteiger partial charge in [-0.25, -0.2) is 4.98 Å². The van der Waals surface area contributed by atoms with Crippen LogP contribution in [-0.2, 0) is 4.79 Å². The minimum Gasteiger partial charge on any atom is -0.342 e. The third kappa shape index (κ3) is 3.52. The number of amides is 1. The van der Waals surface area contributed by atoms with Gasteiger partial charge < -0.3 is 4.90 Å². The second-order valence-electron chi connectivity index (χ2n) is 6.39. The second kappa shape index (κ2) is 6.91. The van der Waals surface area contributed by atoms with Crippen LogP contribution in [0, 0.1) is 13.8 Å². The Morgan fingerprint density at radius 2 is 1.91 bits per heavy atom. The van der Waals surface area contributed by atoms with Crippen molar-refractivity contribution in [3.8, 4) is 0 Å². The van der Waals surface area contributed by atoms with Crippen molar-refractivity contribution in [3.63, 3.8) is 0 Å². The van der Waals surface area contributed by atoms with Crippen molar-refractivity contribution in [1.29, 1.82) is 0 Å². The highest BCUT2D eigenvalue weighted by molar-refractivity contribution is 8.00. The van der Waals surface area contributed by atoms with Gasteiger partial charge in [0, 0.05) is 18.5 Å². The zero-order valence-electron chi connectivity index (χ0n) is 14.1. The summed E-state index contributed by atoms with van der Waals surface area (Å²) in [5, 5.41) is 2.06. The first-order valence-electron chi connectivity index (χ1n) is 8.38.